The highest BCUT2D eigenvalue weighted by Gasteiger charge is 2.35. The molecule has 0 aliphatic carbocycles. The first-order valence-corrected chi connectivity index (χ1v) is 13.6. The number of aryl methyl sites for hydroxylation is 1. The van der Waals surface area contributed by atoms with Gasteiger partial charge in [0.05, 0.1) is 5.56 Å². The van der Waals surface area contributed by atoms with Crippen molar-refractivity contribution in [3.8, 4) is 11.1 Å². The Hall–Kier alpha value is -4.22. The molecule has 2 aromatic heterocycles. The minimum absolute atomic E-state index is 0.0513. The van der Waals surface area contributed by atoms with Gasteiger partial charge in [-0.05, 0) is 68.4 Å². The maximum atomic E-state index is 14.0. The maximum Gasteiger partial charge on any atom is 0.416 e. The molecule has 1 saturated heterocycles. The van der Waals surface area contributed by atoms with Crippen LogP contribution >= 0.6 is 0 Å². The van der Waals surface area contributed by atoms with E-state index in [9.17, 15) is 18.0 Å². The van der Waals surface area contributed by atoms with Gasteiger partial charge in [0.15, 0.2) is 0 Å². The normalized spacial score (nSPS) is 15.7. The first kappa shape index (κ1) is 29.3. The Morgan fingerprint density at radius 2 is 1.71 bits per heavy atom. The summed E-state index contributed by atoms with van der Waals surface area (Å²) < 4.78 is 42.1. The number of likely N-dealkylation sites (tertiary alicyclic amines) is 1. The molecule has 218 valence electrons. The van der Waals surface area contributed by atoms with Crippen molar-refractivity contribution < 1.29 is 18.0 Å². The molecule has 1 aliphatic heterocycles. The summed E-state index contributed by atoms with van der Waals surface area (Å²) in [6.45, 7) is 3.56. The van der Waals surface area contributed by atoms with Crippen molar-refractivity contribution in [1.29, 1.82) is 0 Å². The monoisotopic (exact) mass is 575 g/mol. The second kappa shape index (κ2) is 12.3. The summed E-state index contributed by atoms with van der Waals surface area (Å²) in [6.07, 6.45) is 4.97. The topological polar surface area (TPSA) is 87.1 Å². The fourth-order valence-corrected chi connectivity index (χ4v) is 5.09. The molecule has 0 bridgehead atoms. The fourth-order valence-electron chi connectivity index (χ4n) is 5.09. The van der Waals surface area contributed by atoms with Gasteiger partial charge in [0.25, 0.3) is 5.91 Å². The molecule has 1 aliphatic rings. The highest BCUT2D eigenvalue weighted by atomic mass is 19.4. The van der Waals surface area contributed by atoms with Crippen LogP contribution in [0.3, 0.4) is 0 Å². The average Bonchev–Trinajstić information content (AvgIpc) is 3.44. The Morgan fingerprint density at radius 1 is 1.00 bits per heavy atom. The molecule has 1 N–H and O–H groups in total. The molecule has 11 heteroatoms. The van der Waals surface area contributed by atoms with Gasteiger partial charge in [0.2, 0.25) is 0 Å². The number of carbonyl (C=O) groups is 1. The molecule has 3 heterocycles. The van der Waals surface area contributed by atoms with Crippen molar-refractivity contribution >= 4 is 11.6 Å². The van der Waals surface area contributed by atoms with E-state index in [-0.39, 0.29) is 17.7 Å². The van der Waals surface area contributed by atoms with E-state index in [0.29, 0.717) is 30.5 Å². The van der Waals surface area contributed by atoms with Crippen molar-refractivity contribution in [3.63, 3.8) is 0 Å². The number of rotatable bonds is 8. The van der Waals surface area contributed by atoms with Gasteiger partial charge in [-0.25, -0.2) is 19.9 Å². The predicted molar refractivity (Wildman–Crippen MR) is 154 cm³/mol. The SMILES string of the molecule is Cc1ccc(NC(=O)c2ccc(CN3CC[C@H](N(C)C)C3)c(C(F)(F)F)c2)cc1Cc1ncc(-c2cncnc2)cn1. The third kappa shape index (κ3) is 6.97. The number of nitrogens with zero attached hydrogens (tertiary/aromatic N) is 6. The number of aromatic nitrogens is 4. The van der Waals surface area contributed by atoms with Crippen LogP contribution in [-0.2, 0) is 19.1 Å². The van der Waals surface area contributed by atoms with Gasteiger partial charge in [0, 0.05) is 79.3 Å². The first-order chi connectivity index (χ1) is 20.1. The lowest BCUT2D eigenvalue weighted by atomic mass is 10.0. The highest BCUT2D eigenvalue weighted by molar-refractivity contribution is 6.04. The second-order valence-corrected chi connectivity index (χ2v) is 10.8. The molecule has 1 atom stereocenters. The highest BCUT2D eigenvalue weighted by Crippen LogP contribution is 2.34. The Balaban J connectivity index is 1.29. The number of alkyl halides is 3. The molecule has 0 radical (unpaired) electrons. The summed E-state index contributed by atoms with van der Waals surface area (Å²) in [5, 5.41) is 2.75. The van der Waals surface area contributed by atoms with Gasteiger partial charge in [-0.15, -0.1) is 0 Å². The number of carbonyl (C=O) groups excluding carboxylic acids is 1. The largest absolute Gasteiger partial charge is 0.416 e. The lowest BCUT2D eigenvalue weighted by Crippen LogP contribution is -2.31. The van der Waals surface area contributed by atoms with Crippen LogP contribution in [0.4, 0.5) is 18.9 Å². The van der Waals surface area contributed by atoms with Crippen molar-refractivity contribution in [2.45, 2.75) is 38.5 Å². The molecule has 42 heavy (non-hydrogen) atoms. The smallest absolute Gasteiger partial charge is 0.322 e. The van der Waals surface area contributed by atoms with E-state index in [0.717, 1.165) is 41.3 Å². The van der Waals surface area contributed by atoms with Crippen molar-refractivity contribution in [2.75, 3.05) is 32.5 Å². The average molecular weight is 576 g/mol. The van der Waals surface area contributed by atoms with Gasteiger partial charge in [0.1, 0.15) is 12.2 Å². The molecule has 1 amide bonds. The summed E-state index contributed by atoms with van der Waals surface area (Å²) in [4.78, 5) is 34.1. The summed E-state index contributed by atoms with van der Waals surface area (Å²) >= 11 is 0. The summed E-state index contributed by atoms with van der Waals surface area (Å²) in [5.74, 6) is -0.0242. The second-order valence-electron chi connectivity index (χ2n) is 10.8. The quantitative estimate of drug-likeness (QED) is 0.308. The minimum atomic E-state index is -4.58. The minimum Gasteiger partial charge on any atom is -0.322 e. The van der Waals surface area contributed by atoms with Gasteiger partial charge < -0.3 is 10.2 Å². The number of nitrogens with one attached hydrogen (secondary N) is 1. The molecular formula is C31H32F3N7O. The number of halogens is 3. The van der Waals surface area contributed by atoms with Crippen LogP contribution in [0.1, 0.15) is 44.9 Å². The van der Waals surface area contributed by atoms with E-state index < -0.39 is 17.6 Å². The van der Waals surface area contributed by atoms with E-state index in [1.165, 1.54) is 18.5 Å². The standard InChI is InChI=1S/C31H32F3N7O/c1-20-4-7-26(10-23(20)12-29-37-15-25(16-38-29)24-13-35-19-36-14-24)39-30(42)21-5-6-22(28(11-21)31(32,33)34)17-41-9-8-27(18-41)40(2)3/h4-7,10-11,13-16,19,27H,8-9,12,17-18H2,1-3H3,(H,39,42)/t27-/m0/s1. The van der Waals surface area contributed by atoms with E-state index in [1.807, 2.05) is 32.0 Å². The molecule has 0 spiro atoms. The summed E-state index contributed by atoms with van der Waals surface area (Å²) in [5.41, 5.74) is 3.27. The van der Waals surface area contributed by atoms with Crippen LogP contribution in [0.2, 0.25) is 0 Å². The molecule has 2 aromatic carbocycles. The maximum absolute atomic E-state index is 14.0. The molecular weight excluding hydrogens is 543 g/mol. The van der Waals surface area contributed by atoms with Crippen LogP contribution in [0.5, 0.6) is 0 Å². The molecule has 5 rings (SSSR count). The molecule has 0 saturated carbocycles. The fraction of sp³-hybridized carbons (Fsp3) is 0.323. The van der Waals surface area contributed by atoms with Crippen LogP contribution in [0, 0.1) is 6.92 Å². The van der Waals surface area contributed by atoms with Gasteiger partial charge in [-0.3, -0.25) is 9.69 Å². The lowest BCUT2D eigenvalue weighted by Gasteiger charge is -2.22. The van der Waals surface area contributed by atoms with Crippen LogP contribution in [0.15, 0.2) is 67.5 Å². The van der Waals surface area contributed by atoms with Gasteiger partial charge >= 0.3 is 6.18 Å². The van der Waals surface area contributed by atoms with E-state index >= 15 is 0 Å². The third-order valence-corrected chi connectivity index (χ3v) is 7.60. The molecule has 1 fully saturated rings. The van der Waals surface area contributed by atoms with Gasteiger partial charge in [-0.1, -0.05) is 12.1 Å². The Labute approximate surface area is 242 Å². The van der Waals surface area contributed by atoms with E-state index in [2.05, 4.69) is 30.2 Å². The molecule has 8 nitrogen and oxygen atoms in total. The molecule has 4 aromatic rings. The van der Waals surface area contributed by atoms with Crippen molar-refractivity contribution in [1.82, 2.24) is 29.7 Å². The number of benzene rings is 2. The zero-order chi connectivity index (χ0) is 29.9. The van der Waals surface area contributed by atoms with E-state index in [1.54, 1.807) is 36.9 Å². The zero-order valence-electron chi connectivity index (χ0n) is 23.7. The number of likely N-dealkylation sites (N-methyl/N-ethyl adjacent to an activating group) is 1. The Kier molecular flexibility index (Phi) is 8.60. The third-order valence-electron chi connectivity index (χ3n) is 7.60. The number of hydrogen-bond acceptors (Lipinski definition) is 7. The number of hydrogen-bond donors (Lipinski definition) is 1. The van der Waals surface area contributed by atoms with E-state index in [4.69, 9.17) is 0 Å². The summed E-state index contributed by atoms with van der Waals surface area (Å²) in [7, 11) is 3.96. The Morgan fingerprint density at radius 3 is 2.38 bits per heavy atom. The first-order valence-electron chi connectivity index (χ1n) is 13.6. The number of anilines is 1. The van der Waals surface area contributed by atoms with Crippen molar-refractivity contribution in [3.05, 3.63) is 101 Å². The predicted octanol–water partition coefficient (Wildman–Crippen LogP) is 5.24. The van der Waals surface area contributed by atoms with Gasteiger partial charge in [-0.2, -0.15) is 13.2 Å². The van der Waals surface area contributed by atoms with Crippen LogP contribution in [0.25, 0.3) is 11.1 Å². The zero-order valence-corrected chi connectivity index (χ0v) is 23.7. The van der Waals surface area contributed by atoms with Crippen LogP contribution in [-0.4, -0.2) is 68.9 Å². The van der Waals surface area contributed by atoms with Crippen LogP contribution < -0.4 is 5.32 Å². The molecule has 0 unspecified atom stereocenters. The number of amides is 1. The lowest BCUT2D eigenvalue weighted by molar-refractivity contribution is -0.138. The Bertz CT molecular complexity index is 1540. The summed E-state index contributed by atoms with van der Waals surface area (Å²) in [6, 6.07) is 9.52. The van der Waals surface area contributed by atoms with Crippen molar-refractivity contribution in [2.24, 2.45) is 0 Å².